The highest BCUT2D eigenvalue weighted by Gasteiger charge is 2.01. The van der Waals surface area contributed by atoms with E-state index in [1.165, 1.54) is 0 Å². The van der Waals surface area contributed by atoms with Gasteiger partial charge in [-0.3, -0.25) is 0 Å². The number of carbonyl (C=O) groups excluding carboxylic acids is 1. The molecule has 0 rings (SSSR count). The van der Waals surface area contributed by atoms with Gasteiger partial charge in [0, 0.05) is 5.57 Å². The van der Waals surface area contributed by atoms with Gasteiger partial charge in [-0.1, -0.05) is 13.5 Å². The molecule has 0 bridgehead atoms. The van der Waals surface area contributed by atoms with Gasteiger partial charge in [-0.2, -0.15) is 0 Å². The molecule has 0 aromatic carbocycles. The molecule has 6 nitrogen and oxygen atoms in total. The number of esters is 1. The molecule has 1 unspecified atom stereocenters. The van der Waals surface area contributed by atoms with Crippen LogP contribution in [-0.4, -0.2) is 64.9 Å². The van der Waals surface area contributed by atoms with Crippen LogP contribution in [0.1, 0.15) is 27.2 Å². The lowest BCUT2D eigenvalue weighted by molar-refractivity contribution is -0.140. The van der Waals surface area contributed by atoms with Crippen molar-refractivity contribution in [3.05, 3.63) is 12.2 Å². The summed E-state index contributed by atoms with van der Waals surface area (Å²) in [7, 11) is 0. The lowest BCUT2D eigenvalue weighted by Crippen LogP contribution is -2.15. The molecule has 130 valence electrons. The zero-order valence-corrected chi connectivity index (χ0v) is 14.1. The summed E-state index contributed by atoms with van der Waals surface area (Å²) in [6, 6.07) is 0. The molecule has 1 atom stereocenters. The minimum Gasteiger partial charge on any atom is -0.460 e. The van der Waals surface area contributed by atoms with Gasteiger partial charge in [-0.05, 0) is 20.3 Å². The quantitative estimate of drug-likeness (QED) is 0.261. The van der Waals surface area contributed by atoms with E-state index in [0.717, 1.165) is 6.42 Å². The first-order valence-corrected chi connectivity index (χ1v) is 7.75. The second-order valence-corrected chi connectivity index (χ2v) is 4.84. The maximum absolute atomic E-state index is 11.1. The van der Waals surface area contributed by atoms with Gasteiger partial charge >= 0.3 is 5.97 Å². The predicted octanol–water partition coefficient (Wildman–Crippen LogP) is 1.97. The van der Waals surface area contributed by atoms with E-state index in [2.05, 4.69) is 13.5 Å². The van der Waals surface area contributed by atoms with Crippen molar-refractivity contribution in [2.24, 2.45) is 0 Å². The monoisotopic (exact) mass is 318 g/mol. The van der Waals surface area contributed by atoms with Gasteiger partial charge in [0.25, 0.3) is 0 Å². The molecule has 6 heteroatoms. The Morgan fingerprint density at radius 1 is 0.909 bits per heavy atom. The number of ether oxygens (including phenoxy) is 5. The fourth-order valence-corrected chi connectivity index (χ4v) is 1.28. The molecular weight excluding hydrogens is 288 g/mol. The van der Waals surface area contributed by atoms with E-state index < -0.39 is 5.97 Å². The molecular formula is C16H30O6. The molecule has 0 saturated heterocycles. The summed E-state index contributed by atoms with van der Waals surface area (Å²) in [6.45, 7) is 13.0. The van der Waals surface area contributed by atoms with Gasteiger partial charge < -0.3 is 23.7 Å². The SMILES string of the molecule is C=C(C)C(=O)OCCOCCOCCOCCOC(C)CC. The molecule has 0 saturated carbocycles. The Morgan fingerprint density at radius 2 is 1.36 bits per heavy atom. The standard InChI is InChI=1S/C16H30O6/c1-5-15(4)21-12-10-19-8-6-18-7-9-20-11-13-22-16(17)14(2)3/h15H,2,5-13H2,1,3-4H3. The molecule has 0 aliphatic rings. The van der Waals surface area contributed by atoms with Crippen molar-refractivity contribution >= 4 is 5.97 Å². The average molecular weight is 318 g/mol. The zero-order chi connectivity index (χ0) is 16.6. The molecule has 0 fully saturated rings. The van der Waals surface area contributed by atoms with Crippen LogP contribution in [0.3, 0.4) is 0 Å². The van der Waals surface area contributed by atoms with Crippen LogP contribution in [0, 0.1) is 0 Å². The predicted molar refractivity (Wildman–Crippen MR) is 83.9 cm³/mol. The maximum Gasteiger partial charge on any atom is 0.333 e. The highest BCUT2D eigenvalue weighted by atomic mass is 16.6. The average Bonchev–Trinajstić information content (AvgIpc) is 2.51. The third-order valence-electron chi connectivity index (χ3n) is 2.76. The van der Waals surface area contributed by atoms with Crippen molar-refractivity contribution in [3.8, 4) is 0 Å². The fourth-order valence-electron chi connectivity index (χ4n) is 1.28. The van der Waals surface area contributed by atoms with Crippen molar-refractivity contribution in [2.45, 2.75) is 33.3 Å². The van der Waals surface area contributed by atoms with Crippen LogP contribution in [-0.2, 0) is 28.5 Å². The Kier molecular flexibility index (Phi) is 14.3. The van der Waals surface area contributed by atoms with Crippen LogP contribution in [0.4, 0.5) is 0 Å². The molecule has 0 aromatic heterocycles. The van der Waals surface area contributed by atoms with Crippen molar-refractivity contribution < 1.29 is 28.5 Å². The van der Waals surface area contributed by atoms with E-state index >= 15 is 0 Å². The van der Waals surface area contributed by atoms with E-state index in [4.69, 9.17) is 23.7 Å². The molecule has 0 aromatic rings. The summed E-state index contributed by atoms with van der Waals surface area (Å²) < 4.78 is 26.3. The number of carbonyl (C=O) groups is 1. The minimum absolute atomic E-state index is 0.227. The lowest BCUT2D eigenvalue weighted by Gasteiger charge is -2.10. The molecule has 0 aliphatic heterocycles. The molecule has 0 heterocycles. The van der Waals surface area contributed by atoms with E-state index in [1.54, 1.807) is 6.92 Å². The van der Waals surface area contributed by atoms with Crippen molar-refractivity contribution in [2.75, 3.05) is 52.9 Å². The molecule has 0 amide bonds. The summed E-state index contributed by atoms with van der Waals surface area (Å²) in [6.07, 6.45) is 1.29. The van der Waals surface area contributed by atoms with Gasteiger partial charge in [0.15, 0.2) is 0 Å². The molecule has 0 spiro atoms. The number of hydrogen-bond acceptors (Lipinski definition) is 6. The third-order valence-corrected chi connectivity index (χ3v) is 2.76. The summed E-state index contributed by atoms with van der Waals surface area (Å²) in [5.74, 6) is -0.394. The molecule has 0 radical (unpaired) electrons. The Bertz CT molecular complexity index is 292. The van der Waals surface area contributed by atoms with Crippen LogP contribution in [0.25, 0.3) is 0 Å². The summed E-state index contributed by atoms with van der Waals surface area (Å²) in [4.78, 5) is 11.1. The normalized spacial score (nSPS) is 12.1. The smallest absolute Gasteiger partial charge is 0.333 e. The van der Waals surface area contributed by atoms with Gasteiger partial charge in [-0.15, -0.1) is 0 Å². The van der Waals surface area contributed by atoms with E-state index in [-0.39, 0.29) is 12.7 Å². The van der Waals surface area contributed by atoms with Crippen LogP contribution in [0.15, 0.2) is 12.2 Å². The second-order valence-electron chi connectivity index (χ2n) is 4.84. The Morgan fingerprint density at radius 3 is 1.82 bits per heavy atom. The maximum atomic E-state index is 11.1. The Hall–Kier alpha value is -0.950. The zero-order valence-electron chi connectivity index (χ0n) is 14.1. The van der Waals surface area contributed by atoms with E-state index in [0.29, 0.717) is 51.8 Å². The summed E-state index contributed by atoms with van der Waals surface area (Å²) in [5.41, 5.74) is 0.387. The highest BCUT2D eigenvalue weighted by Crippen LogP contribution is 1.95. The summed E-state index contributed by atoms with van der Waals surface area (Å²) >= 11 is 0. The largest absolute Gasteiger partial charge is 0.460 e. The van der Waals surface area contributed by atoms with E-state index in [9.17, 15) is 4.79 Å². The van der Waals surface area contributed by atoms with Gasteiger partial charge in [0.2, 0.25) is 0 Å². The highest BCUT2D eigenvalue weighted by molar-refractivity contribution is 5.86. The van der Waals surface area contributed by atoms with Gasteiger partial charge in [-0.25, -0.2) is 4.79 Å². The Balaban J connectivity index is 3.12. The fraction of sp³-hybridized carbons (Fsp3) is 0.812. The second kappa shape index (κ2) is 15.0. The number of rotatable bonds is 15. The Labute approximate surface area is 133 Å². The van der Waals surface area contributed by atoms with Gasteiger partial charge in [0.1, 0.15) is 6.61 Å². The van der Waals surface area contributed by atoms with Crippen LogP contribution in [0.5, 0.6) is 0 Å². The molecule has 0 aliphatic carbocycles. The van der Waals surface area contributed by atoms with Gasteiger partial charge in [0.05, 0.1) is 52.4 Å². The first kappa shape index (κ1) is 21.0. The first-order valence-electron chi connectivity index (χ1n) is 7.75. The summed E-state index contributed by atoms with van der Waals surface area (Å²) in [5, 5.41) is 0. The number of hydrogen-bond donors (Lipinski definition) is 0. The van der Waals surface area contributed by atoms with Crippen molar-refractivity contribution in [3.63, 3.8) is 0 Å². The molecule has 0 N–H and O–H groups in total. The van der Waals surface area contributed by atoms with Crippen LogP contribution < -0.4 is 0 Å². The van der Waals surface area contributed by atoms with Crippen LogP contribution in [0.2, 0.25) is 0 Å². The van der Waals surface area contributed by atoms with Crippen LogP contribution >= 0.6 is 0 Å². The van der Waals surface area contributed by atoms with Crippen molar-refractivity contribution in [1.29, 1.82) is 0 Å². The molecule has 22 heavy (non-hydrogen) atoms. The first-order chi connectivity index (χ1) is 10.6. The topological polar surface area (TPSA) is 63.2 Å². The third kappa shape index (κ3) is 14.0. The lowest BCUT2D eigenvalue weighted by atomic mass is 10.3. The van der Waals surface area contributed by atoms with Crippen molar-refractivity contribution in [1.82, 2.24) is 0 Å². The minimum atomic E-state index is -0.394. The van der Waals surface area contributed by atoms with E-state index in [1.807, 2.05) is 6.92 Å².